The highest BCUT2D eigenvalue weighted by molar-refractivity contribution is 9.11. The van der Waals surface area contributed by atoms with Gasteiger partial charge in [0.25, 0.3) is 11.5 Å². The number of para-hydroxylation sites is 1. The third-order valence-corrected chi connectivity index (χ3v) is 7.20. The molecule has 1 heterocycles. The van der Waals surface area contributed by atoms with E-state index in [1.807, 2.05) is 0 Å². The van der Waals surface area contributed by atoms with Crippen molar-refractivity contribution in [2.24, 2.45) is 5.10 Å². The molecule has 1 amide bonds. The first-order valence-electron chi connectivity index (χ1n) is 12.4. The van der Waals surface area contributed by atoms with Crippen LogP contribution in [0.15, 0.2) is 104 Å². The lowest BCUT2D eigenvalue weighted by Crippen LogP contribution is -2.20. The summed E-state index contributed by atoms with van der Waals surface area (Å²) in [5.41, 5.74) is -0.210. The Morgan fingerprint density at radius 2 is 1.67 bits per heavy atom. The van der Waals surface area contributed by atoms with Crippen LogP contribution in [-0.2, 0) is 11.0 Å². The van der Waals surface area contributed by atoms with Crippen LogP contribution in [-0.4, -0.2) is 28.4 Å². The topological polar surface area (TPSA) is 85.6 Å². The molecule has 43 heavy (non-hydrogen) atoms. The van der Waals surface area contributed by atoms with Crippen molar-refractivity contribution in [3.63, 3.8) is 0 Å². The smallest absolute Gasteiger partial charge is 0.416 e. The highest BCUT2D eigenvalue weighted by atomic mass is 79.9. The summed E-state index contributed by atoms with van der Waals surface area (Å²) < 4.78 is 60.9. The molecule has 1 aromatic heterocycles. The summed E-state index contributed by atoms with van der Waals surface area (Å²) in [6, 6.07) is 19.5. The van der Waals surface area contributed by atoms with Crippen LogP contribution in [0.1, 0.15) is 11.1 Å². The van der Waals surface area contributed by atoms with Gasteiger partial charge < -0.3 is 10.1 Å². The Kier molecular flexibility index (Phi) is 8.74. The Balaban J connectivity index is 1.44. The van der Waals surface area contributed by atoms with E-state index in [1.165, 1.54) is 42.6 Å². The average molecular weight is 718 g/mol. The van der Waals surface area contributed by atoms with Crippen molar-refractivity contribution in [1.29, 1.82) is 0 Å². The molecule has 13 heteroatoms. The van der Waals surface area contributed by atoms with Crippen molar-refractivity contribution < 1.29 is 27.1 Å². The van der Waals surface area contributed by atoms with E-state index in [9.17, 15) is 27.2 Å². The SMILES string of the molecule is O=C(COc1c(Br)cc(C=Nn2c(-c3cccc(C(F)(F)F)c3)nc3ccccc3c2=O)cc1Br)Nc1ccc(F)cc1. The fourth-order valence-electron chi connectivity index (χ4n) is 4.04. The van der Waals surface area contributed by atoms with Crippen molar-refractivity contribution in [2.75, 3.05) is 11.9 Å². The number of benzene rings is 4. The molecule has 0 bridgehead atoms. The summed E-state index contributed by atoms with van der Waals surface area (Å²) in [6.07, 6.45) is -3.25. The van der Waals surface area contributed by atoms with E-state index in [1.54, 1.807) is 36.4 Å². The number of alkyl halides is 3. The summed E-state index contributed by atoms with van der Waals surface area (Å²) in [7, 11) is 0. The van der Waals surface area contributed by atoms with Crippen LogP contribution in [0, 0.1) is 5.82 Å². The molecule has 0 radical (unpaired) electrons. The van der Waals surface area contributed by atoms with Crippen molar-refractivity contribution in [2.45, 2.75) is 6.18 Å². The number of hydrogen-bond acceptors (Lipinski definition) is 5. The zero-order valence-electron chi connectivity index (χ0n) is 21.7. The largest absolute Gasteiger partial charge is 0.481 e. The van der Waals surface area contributed by atoms with Gasteiger partial charge in [-0.25, -0.2) is 9.37 Å². The van der Waals surface area contributed by atoms with E-state index in [2.05, 4.69) is 47.3 Å². The molecule has 0 aliphatic rings. The zero-order valence-corrected chi connectivity index (χ0v) is 24.9. The molecule has 0 atom stereocenters. The number of ether oxygens (including phenoxy) is 1. The number of fused-ring (bicyclic) bond motifs is 1. The predicted molar refractivity (Wildman–Crippen MR) is 162 cm³/mol. The average Bonchev–Trinajstić information content (AvgIpc) is 2.97. The number of amides is 1. The van der Waals surface area contributed by atoms with Crippen molar-refractivity contribution >= 4 is 60.6 Å². The number of nitrogens with zero attached hydrogens (tertiary/aromatic N) is 3. The molecule has 7 nitrogen and oxygen atoms in total. The van der Waals surface area contributed by atoms with Gasteiger partial charge in [-0.1, -0.05) is 24.3 Å². The quantitative estimate of drug-likeness (QED) is 0.139. The molecule has 0 spiro atoms. The first-order chi connectivity index (χ1) is 20.5. The summed E-state index contributed by atoms with van der Waals surface area (Å²) >= 11 is 6.79. The summed E-state index contributed by atoms with van der Waals surface area (Å²) in [6.45, 7) is -0.347. The third kappa shape index (κ3) is 7.00. The van der Waals surface area contributed by atoms with Gasteiger partial charge in [0.2, 0.25) is 0 Å². The summed E-state index contributed by atoms with van der Waals surface area (Å²) in [5, 5.41) is 7.13. The van der Waals surface area contributed by atoms with Crippen molar-refractivity contribution in [1.82, 2.24) is 9.66 Å². The fourth-order valence-corrected chi connectivity index (χ4v) is 5.49. The molecular weight excluding hydrogens is 700 g/mol. The minimum Gasteiger partial charge on any atom is -0.481 e. The number of carbonyl (C=O) groups is 1. The van der Waals surface area contributed by atoms with Gasteiger partial charge in [0.05, 0.1) is 31.6 Å². The minimum absolute atomic E-state index is 0.0554. The van der Waals surface area contributed by atoms with Crippen LogP contribution in [0.2, 0.25) is 0 Å². The van der Waals surface area contributed by atoms with Gasteiger partial charge in [-0.3, -0.25) is 9.59 Å². The van der Waals surface area contributed by atoms with E-state index >= 15 is 0 Å². The van der Waals surface area contributed by atoms with Crippen LogP contribution in [0.4, 0.5) is 23.2 Å². The standard InChI is InChI=1S/C30H18Br2F4N4O3/c31-23-12-17(13-24(32)27(23)43-16-26(41)38-21-10-8-20(33)9-11-21)15-37-40-28(18-4-3-5-19(14-18)30(34,35)36)39-25-7-2-1-6-22(25)29(40)42/h1-15H,16H2,(H,38,41). The van der Waals surface area contributed by atoms with Crippen LogP contribution < -0.4 is 15.6 Å². The Hall–Kier alpha value is -4.36. The number of halogens is 6. The normalized spacial score (nSPS) is 11.7. The monoisotopic (exact) mass is 716 g/mol. The minimum atomic E-state index is -4.59. The number of rotatable bonds is 7. The molecule has 1 N–H and O–H groups in total. The maximum Gasteiger partial charge on any atom is 0.416 e. The first-order valence-corrected chi connectivity index (χ1v) is 14.0. The van der Waals surface area contributed by atoms with E-state index in [-0.39, 0.29) is 23.4 Å². The van der Waals surface area contributed by atoms with Gasteiger partial charge in [0.1, 0.15) is 11.6 Å². The Morgan fingerprint density at radius 1 is 0.977 bits per heavy atom. The van der Waals surface area contributed by atoms with E-state index in [4.69, 9.17) is 4.74 Å². The Morgan fingerprint density at radius 3 is 2.37 bits per heavy atom. The predicted octanol–water partition coefficient (Wildman–Crippen LogP) is 7.65. The van der Waals surface area contributed by atoms with Crippen LogP contribution in [0.3, 0.4) is 0 Å². The molecule has 0 unspecified atom stereocenters. The van der Waals surface area contributed by atoms with Gasteiger partial charge in [-0.15, -0.1) is 0 Å². The maximum absolute atomic E-state index is 13.4. The van der Waals surface area contributed by atoms with Crippen molar-refractivity contribution in [3.8, 4) is 17.1 Å². The van der Waals surface area contributed by atoms with Crippen molar-refractivity contribution in [3.05, 3.63) is 121 Å². The molecule has 0 saturated carbocycles. The van der Waals surface area contributed by atoms with E-state index in [0.29, 0.717) is 31.5 Å². The van der Waals surface area contributed by atoms with Gasteiger partial charge in [0.15, 0.2) is 12.4 Å². The van der Waals surface area contributed by atoms with E-state index in [0.717, 1.165) is 16.8 Å². The maximum atomic E-state index is 13.4. The number of hydrogen-bond donors (Lipinski definition) is 1. The molecule has 218 valence electrons. The van der Waals surface area contributed by atoms with Gasteiger partial charge in [-0.2, -0.15) is 22.9 Å². The third-order valence-electron chi connectivity index (χ3n) is 6.02. The molecule has 5 rings (SSSR count). The molecular formula is C30H18Br2F4N4O3. The lowest BCUT2D eigenvalue weighted by atomic mass is 10.1. The van der Waals surface area contributed by atoms with E-state index < -0.39 is 29.0 Å². The van der Waals surface area contributed by atoms with Crippen LogP contribution in [0.25, 0.3) is 22.3 Å². The Labute approximate surface area is 258 Å². The second-order valence-electron chi connectivity index (χ2n) is 9.05. The highest BCUT2D eigenvalue weighted by Gasteiger charge is 2.31. The zero-order chi connectivity index (χ0) is 30.7. The molecule has 4 aromatic carbocycles. The molecule has 0 saturated heterocycles. The second kappa shape index (κ2) is 12.5. The van der Waals surface area contributed by atoms with Gasteiger partial charge in [0, 0.05) is 11.3 Å². The number of nitrogens with one attached hydrogen (secondary N) is 1. The Bertz CT molecular complexity index is 1900. The summed E-state index contributed by atoms with van der Waals surface area (Å²) in [5.74, 6) is -0.669. The first kappa shape index (κ1) is 30.1. The van der Waals surface area contributed by atoms with Crippen LogP contribution in [0.5, 0.6) is 5.75 Å². The second-order valence-corrected chi connectivity index (χ2v) is 10.8. The fraction of sp³-hybridized carbons (Fsp3) is 0.0667. The lowest BCUT2D eigenvalue weighted by molar-refractivity contribution is -0.137. The molecule has 0 aliphatic heterocycles. The van der Waals surface area contributed by atoms with Crippen LogP contribution >= 0.6 is 31.9 Å². The van der Waals surface area contributed by atoms with Gasteiger partial charge in [-0.05, 0) is 98.1 Å². The molecule has 0 aliphatic carbocycles. The number of anilines is 1. The summed E-state index contributed by atoms with van der Waals surface area (Å²) in [4.78, 5) is 30.1. The lowest BCUT2D eigenvalue weighted by Gasteiger charge is -2.13. The van der Waals surface area contributed by atoms with Gasteiger partial charge >= 0.3 is 6.18 Å². The molecule has 0 fully saturated rings. The number of aromatic nitrogens is 2. The molecule has 5 aromatic rings. The number of carbonyl (C=O) groups excluding carboxylic acids is 1. The highest BCUT2D eigenvalue weighted by Crippen LogP contribution is 2.35.